The molecule has 1 N–H and O–H groups in total. The Morgan fingerprint density at radius 2 is 1.26 bits per heavy atom. The SMILES string of the molecule is COC(=O)C[C@@H](C[N+](C)(CCCc1ccc(OC)cc1)CCCc1ccc(OC)cc1)NC(=O)OCc1ccccc1. The molecule has 0 heterocycles. The zero-order valence-corrected chi connectivity index (χ0v) is 25.3. The third-order valence-corrected chi connectivity index (χ3v) is 7.48. The van der Waals surface area contributed by atoms with E-state index in [0.717, 1.165) is 55.8 Å². The summed E-state index contributed by atoms with van der Waals surface area (Å²) in [6, 6.07) is 25.4. The molecule has 0 saturated carbocycles. The number of rotatable bonds is 17. The molecule has 0 spiro atoms. The number of hydrogen-bond donors (Lipinski definition) is 1. The number of carbonyl (C=O) groups is 2. The molecule has 226 valence electrons. The van der Waals surface area contributed by atoms with Crippen LogP contribution in [0.2, 0.25) is 0 Å². The maximum atomic E-state index is 12.8. The van der Waals surface area contributed by atoms with E-state index in [1.807, 2.05) is 54.6 Å². The normalized spacial score (nSPS) is 11.8. The van der Waals surface area contributed by atoms with Crippen LogP contribution in [-0.2, 0) is 33.7 Å². The largest absolute Gasteiger partial charge is 0.497 e. The van der Waals surface area contributed by atoms with Gasteiger partial charge in [-0.1, -0.05) is 54.6 Å². The number of likely N-dealkylation sites (N-methyl/N-ethyl adjacent to an activating group) is 1. The Morgan fingerprint density at radius 3 is 1.74 bits per heavy atom. The number of quaternary nitrogens is 1. The summed E-state index contributed by atoms with van der Waals surface area (Å²) >= 11 is 0. The molecule has 0 aromatic heterocycles. The molecular weight excluding hydrogens is 532 g/mol. The van der Waals surface area contributed by atoms with Crippen molar-refractivity contribution >= 4 is 12.1 Å². The van der Waals surface area contributed by atoms with E-state index >= 15 is 0 Å². The second-order valence-electron chi connectivity index (χ2n) is 10.8. The summed E-state index contributed by atoms with van der Waals surface area (Å²) in [6.07, 6.45) is 3.27. The van der Waals surface area contributed by atoms with Gasteiger partial charge in [0.05, 0.1) is 60.5 Å². The quantitative estimate of drug-likeness (QED) is 0.167. The summed E-state index contributed by atoms with van der Waals surface area (Å²) in [5.74, 6) is 1.31. The van der Waals surface area contributed by atoms with Gasteiger partial charge in [-0.15, -0.1) is 0 Å². The maximum Gasteiger partial charge on any atom is 0.407 e. The number of hydrogen-bond acceptors (Lipinski definition) is 6. The number of esters is 1. The number of amides is 1. The molecule has 8 nitrogen and oxygen atoms in total. The fourth-order valence-electron chi connectivity index (χ4n) is 5.12. The number of benzene rings is 3. The molecule has 1 atom stereocenters. The van der Waals surface area contributed by atoms with Gasteiger partial charge in [0, 0.05) is 12.8 Å². The van der Waals surface area contributed by atoms with E-state index < -0.39 is 12.1 Å². The fraction of sp³-hybridized carbons (Fsp3) is 0.412. The topological polar surface area (TPSA) is 83.1 Å². The average molecular weight is 578 g/mol. The van der Waals surface area contributed by atoms with E-state index in [4.69, 9.17) is 18.9 Å². The second kappa shape index (κ2) is 17.0. The molecule has 3 rings (SSSR count). The molecule has 1 amide bonds. The fourth-order valence-corrected chi connectivity index (χ4v) is 5.12. The summed E-state index contributed by atoms with van der Waals surface area (Å²) in [5, 5.41) is 2.94. The van der Waals surface area contributed by atoms with E-state index in [1.54, 1.807) is 14.2 Å². The standard InChI is InChI=1S/C34H44N2O6/c1-36(22-8-12-27-14-18-31(39-2)19-15-27,23-9-13-28-16-20-32(40-3)21-17-28)25-30(24-33(37)41-4)35-34(38)42-26-29-10-6-5-7-11-29/h5-7,10-11,14-21,30H,8-9,12-13,22-26H2,1-4H3/p+1/t30-/m0/s1. The Bertz CT molecular complexity index is 1160. The van der Waals surface area contributed by atoms with Gasteiger partial charge in [-0.2, -0.15) is 0 Å². The minimum Gasteiger partial charge on any atom is -0.497 e. The average Bonchev–Trinajstić information content (AvgIpc) is 3.01. The molecule has 0 aliphatic heterocycles. The van der Waals surface area contributed by atoms with Crippen LogP contribution in [0.3, 0.4) is 0 Å². The van der Waals surface area contributed by atoms with Crippen molar-refractivity contribution in [3.05, 3.63) is 95.6 Å². The number of nitrogens with one attached hydrogen (secondary N) is 1. The predicted molar refractivity (Wildman–Crippen MR) is 164 cm³/mol. The number of aryl methyl sites for hydroxylation is 2. The van der Waals surface area contributed by atoms with Crippen LogP contribution in [0.4, 0.5) is 4.79 Å². The molecule has 8 heteroatoms. The monoisotopic (exact) mass is 577 g/mol. The van der Waals surface area contributed by atoms with Gasteiger partial charge in [-0.25, -0.2) is 4.79 Å². The molecule has 0 aliphatic rings. The number of methoxy groups -OCH3 is 3. The van der Waals surface area contributed by atoms with Gasteiger partial charge in [0.1, 0.15) is 18.1 Å². The zero-order valence-electron chi connectivity index (χ0n) is 25.3. The van der Waals surface area contributed by atoms with Crippen molar-refractivity contribution < 1.29 is 33.0 Å². The van der Waals surface area contributed by atoms with Crippen molar-refractivity contribution in [3.8, 4) is 11.5 Å². The van der Waals surface area contributed by atoms with Crippen molar-refractivity contribution in [3.63, 3.8) is 0 Å². The molecule has 42 heavy (non-hydrogen) atoms. The minimum atomic E-state index is -0.546. The lowest BCUT2D eigenvalue weighted by Gasteiger charge is -2.37. The highest BCUT2D eigenvalue weighted by atomic mass is 16.5. The molecule has 3 aromatic carbocycles. The smallest absolute Gasteiger partial charge is 0.407 e. The van der Waals surface area contributed by atoms with Gasteiger partial charge in [-0.3, -0.25) is 4.79 Å². The predicted octanol–water partition coefficient (Wildman–Crippen LogP) is 5.57. The summed E-state index contributed by atoms with van der Waals surface area (Å²) in [6.45, 7) is 2.49. The third kappa shape index (κ3) is 11.4. The van der Waals surface area contributed by atoms with Gasteiger partial charge in [0.25, 0.3) is 0 Å². The summed E-state index contributed by atoms with van der Waals surface area (Å²) in [4.78, 5) is 25.1. The first kappa shape index (κ1) is 32.5. The van der Waals surface area contributed by atoms with E-state index in [0.29, 0.717) is 11.0 Å². The Morgan fingerprint density at radius 1 is 0.738 bits per heavy atom. The second-order valence-corrected chi connectivity index (χ2v) is 10.8. The summed E-state index contributed by atoms with van der Waals surface area (Å²) < 4.78 is 21.7. The van der Waals surface area contributed by atoms with Crippen LogP contribution in [0, 0.1) is 0 Å². The highest BCUT2D eigenvalue weighted by Gasteiger charge is 2.29. The number of nitrogens with zero attached hydrogens (tertiary/aromatic N) is 1. The van der Waals surface area contributed by atoms with Crippen LogP contribution >= 0.6 is 0 Å². The van der Waals surface area contributed by atoms with Crippen LogP contribution in [0.25, 0.3) is 0 Å². The number of carbonyl (C=O) groups excluding carboxylic acids is 2. The van der Waals surface area contributed by atoms with E-state index in [-0.39, 0.29) is 19.0 Å². The van der Waals surface area contributed by atoms with Gasteiger partial charge in [0.2, 0.25) is 0 Å². The molecule has 0 saturated heterocycles. The van der Waals surface area contributed by atoms with Crippen LogP contribution in [0.1, 0.15) is 36.0 Å². The Balaban J connectivity index is 1.67. The molecule has 3 aromatic rings. The van der Waals surface area contributed by atoms with Gasteiger partial charge in [0.15, 0.2) is 0 Å². The molecule has 0 bridgehead atoms. The first-order valence-corrected chi connectivity index (χ1v) is 14.5. The van der Waals surface area contributed by atoms with E-state index in [9.17, 15) is 9.59 Å². The Kier molecular flexibility index (Phi) is 13.2. The highest BCUT2D eigenvalue weighted by Crippen LogP contribution is 2.18. The number of alkyl carbamates (subject to hydrolysis) is 1. The van der Waals surface area contributed by atoms with Crippen LogP contribution in [0.15, 0.2) is 78.9 Å². The Labute approximate surface area is 250 Å². The maximum absolute atomic E-state index is 12.8. The molecule has 0 fully saturated rings. The minimum absolute atomic E-state index is 0.0712. The zero-order chi connectivity index (χ0) is 30.2. The van der Waals surface area contributed by atoms with Crippen LogP contribution in [-0.4, -0.2) is 70.6 Å². The van der Waals surface area contributed by atoms with Crippen molar-refractivity contribution in [1.82, 2.24) is 5.32 Å². The van der Waals surface area contributed by atoms with Crippen molar-refractivity contribution in [1.29, 1.82) is 0 Å². The van der Waals surface area contributed by atoms with Gasteiger partial charge >= 0.3 is 12.1 Å². The summed E-state index contributed by atoms with van der Waals surface area (Å²) in [5.41, 5.74) is 3.39. The first-order valence-electron chi connectivity index (χ1n) is 14.5. The van der Waals surface area contributed by atoms with E-state index in [1.165, 1.54) is 18.2 Å². The highest BCUT2D eigenvalue weighted by molar-refractivity contribution is 5.72. The van der Waals surface area contributed by atoms with Crippen molar-refractivity contribution in [2.24, 2.45) is 0 Å². The molecule has 0 radical (unpaired) electrons. The van der Waals surface area contributed by atoms with Crippen molar-refractivity contribution in [2.45, 2.75) is 44.8 Å². The lowest BCUT2D eigenvalue weighted by molar-refractivity contribution is -0.911. The number of ether oxygens (including phenoxy) is 4. The first-order chi connectivity index (χ1) is 20.3. The van der Waals surface area contributed by atoms with Gasteiger partial charge < -0.3 is 28.7 Å². The van der Waals surface area contributed by atoms with Crippen molar-refractivity contribution in [2.75, 3.05) is 48.0 Å². The van der Waals surface area contributed by atoms with E-state index in [2.05, 4.69) is 36.6 Å². The van der Waals surface area contributed by atoms with Gasteiger partial charge in [-0.05, 0) is 53.8 Å². The van der Waals surface area contributed by atoms with Crippen LogP contribution < -0.4 is 14.8 Å². The molecular formula is C34H45N2O6+. The van der Waals surface area contributed by atoms with Crippen LogP contribution in [0.5, 0.6) is 11.5 Å². The molecule has 0 unspecified atom stereocenters. The summed E-state index contributed by atoms with van der Waals surface area (Å²) in [7, 11) is 6.90. The lowest BCUT2D eigenvalue weighted by Crippen LogP contribution is -2.55. The Hall–Kier alpha value is -4.04. The lowest BCUT2D eigenvalue weighted by atomic mass is 10.1. The molecule has 0 aliphatic carbocycles. The third-order valence-electron chi connectivity index (χ3n) is 7.48.